The lowest BCUT2D eigenvalue weighted by molar-refractivity contribution is -0.385. The number of rotatable bonds is 7. The molecule has 0 saturated carbocycles. The van der Waals surface area contributed by atoms with Crippen LogP contribution in [0.15, 0.2) is 30.5 Å². The molecule has 9 nitrogen and oxygen atoms in total. The topological polar surface area (TPSA) is 100 Å². The molecule has 3 heterocycles. The minimum Gasteiger partial charge on any atom is -0.369 e. The van der Waals surface area contributed by atoms with Crippen molar-refractivity contribution in [2.24, 2.45) is 0 Å². The number of nitro groups is 1. The summed E-state index contributed by atoms with van der Waals surface area (Å²) in [5.74, 6) is 1.81. The summed E-state index contributed by atoms with van der Waals surface area (Å²) in [6.45, 7) is 2.07. The maximum absolute atomic E-state index is 13.2. The third-order valence-corrected chi connectivity index (χ3v) is 5.61. The van der Waals surface area contributed by atoms with Gasteiger partial charge in [0.05, 0.1) is 22.2 Å². The molecule has 4 rings (SSSR count). The third-order valence-electron chi connectivity index (χ3n) is 5.61. The summed E-state index contributed by atoms with van der Waals surface area (Å²) in [5, 5.41) is 15.0. The Morgan fingerprint density at radius 1 is 1.15 bits per heavy atom. The highest BCUT2D eigenvalue weighted by atomic mass is 19.4. The highest BCUT2D eigenvalue weighted by Crippen LogP contribution is 2.33. The van der Waals surface area contributed by atoms with Gasteiger partial charge in [0.1, 0.15) is 11.6 Å². The van der Waals surface area contributed by atoms with Crippen LogP contribution in [0.3, 0.4) is 0 Å². The third kappa shape index (κ3) is 5.10. The molecule has 0 unspecified atom stereocenters. The molecule has 0 aliphatic carbocycles. The molecular formula is C22H24F3N7O2. The van der Waals surface area contributed by atoms with Gasteiger partial charge in [-0.15, -0.1) is 0 Å². The number of hydrogen-bond acceptors (Lipinski definition) is 8. The van der Waals surface area contributed by atoms with Gasteiger partial charge in [0, 0.05) is 51.2 Å². The molecule has 3 aromatic rings. The number of hydrogen-bond donors (Lipinski definition) is 1. The molecular weight excluding hydrogens is 451 g/mol. The first-order chi connectivity index (χ1) is 16.1. The lowest BCUT2D eigenvalue weighted by atomic mass is 10.1. The summed E-state index contributed by atoms with van der Waals surface area (Å²) in [4.78, 5) is 27.9. The van der Waals surface area contributed by atoms with Gasteiger partial charge in [-0.25, -0.2) is 9.97 Å². The van der Waals surface area contributed by atoms with Crippen molar-refractivity contribution < 1.29 is 18.1 Å². The summed E-state index contributed by atoms with van der Waals surface area (Å²) >= 11 is 0. The number of aromatic nitrogens is 3. The van der Waals surface area contributed by atoms with Gasteiger partial charge in [0.25, 0.3) is 5.69 Å². The summed E-state index contributed by atoms with van der Waals surface area (Å²) in [6.07, 6.45) is -0.638. The van der Waals surface area contributed by atoms with E-state index in [1.165, 1.54) is 0 Å². The first-order valence-electron chi connectivity index (χ1n) is 10.8. The number of nitrogens with zero attached hydrogens (tertiary/aromatic N) is 6. The average Bonchev–Trinajstić information content (AvgIpc) is 3.32. The molecule has 0 amide bonds. The molecule has 34 heavy (non-hydrogen) atoms. The maximum Gasteiger partial charge on any atom is 0.416 e. The van der Waals surface area contributed by atoms with Crippen molar-refractivity contribution in [3.05, 3.63) is 51.7 Å². The Morgan fingerprint density at radius 2 is 1.88 bits per heavy atom. The van der Waals surface area contributed by atoms with Gasteiger partial charge in [-0.1, -0.05) is 0 Å². The first-order valence-corrected chi connectivity index (χ1v) is 10.8. The van der Waals surface area contributed by atoms with E-state index in [1.54, 1.807) is 25.2 Å². The van der Waals surface area contributed by atoms with Crippen molar-refractivity contribution >= 4 is 34.2 Å². The van der Waals surface area contributed by atoms with Crippen LogP contribution in [0.25, 0.3) is 10.9 Å². The van der Waals surface area contributed by atoms with Gasteiger partial charge >= 0.3 is 6.18 Å². The molecule has 1 aromatic carbocycles. The number of non-ortho nitro benzene ring substituents is 1. The van der Waals surface area contributed by atoms with Crippen LogP contribution < -0.4 is 15.1 Å². The fourth-order valence-corrected chi connectivity index (χ4v) is 3.88. The van der Waals surface area contributed by atoms with Crippen molar-refractivity contribution in [2.45, 2.75) is 25.4 Å². The molecule has 0 radical (unpaired) electrons. The molecule has 12 heteroatoms. The van der Waals surface area contributed by atoms with Crippen LogP contribution in [-0.4, -0.2) is 53.6 Å². The number of anilines is 3. The lowest BCUT2D eigenvalue weighted by Crippen LogP contribution is -2.19. The van der Waals surface area contributed by atoms with Crippen LogP contribution in [0.1, 0.15) is 24.0 Å². The van der Waals surface area contributed by atoms with Crippen molar-refractivity contribution in [1.29, 1.82) is 0 Å². The highest BCUT2D eigenvalue weighted by molar-refractivity contribution is 5.91. The minimum absolute atomic E-state index is 0.137. The second-order valence-electron chi connectivity index (χ2n) is 8.34. The summed E-state index contributed by atoms with van der Waals surface area (Å²) in [5.41, 5.74) is -0.785. The summed E-state index contributed by atoms with van der Waals surface area (Å²) in [6, 6.07) is 4.56. The quantitative estimate of drug-likeness (QED) is 0.399. The normalized spacial score (nSPS) is 14.0. The van der Waals surface area contributed by atoms with Crippen LogP contribution >= 0.6 is 0 Å². The van der Waals surface area contributed by atoms with E-state index in [4.69, 9.17) is 0 Å². The Balaban J connectivity index is 1.62. The Labute approximate surface area is 193 Å². The predicted molar refractivity (Wildman–Crippen MR) is 123 cm³/mol. The van der Waals surface area contributed by atoms with Gasteiger partial charge in [-0.3, -0.25) is 10.1 Å². The summed E-state index contributed by atoms with van der Waals surface area (Å²) < 4.78 is 39.6. The minimum atomic E-state index is -4.67. The number of pyridine rings is 1. The second-order valence-corrected chi connectivity index (χ2v) is 8.34. The van der Waals surface area contributed by atoms with E-state index in [0.717, 1.165) is 49.3 Å². The van der Waals surface area contributed by atoms with Gasteiger partial charge in [-0.2, -0.15) is 18.2 Å². The number of benzene rings is 1. The molecule has 1 aliphatic rings. The predicted octanol–water partition coefficient (Wildman–Crippen LogP) is 4.27. The van der Waals surface area contributed by atoms with Crippen LogP contribution in [0, 0.1) is 10.1 Å². The Kier molecular flexibility index (Phi) is 6.40. The number of nitrogens with one attached hydrogen (secondary N) is 1. The maximum atomic E-state index is 13.2. The van der Waals surface area contributed by atoms with E-state index in [0.29, 0.717) is 23.3 Å². The lowest BCUT2D eigenvalue weighted by Gasteiger charge is -2.19. The Morgan fingerprint density at radius 3 is 2.53 bits per heavy atom. The molecule has 2 aromatic heterocycles. The zero-order valence-electron chi connectivity index (χ0n) is 18.8. The van der Waals surface area contributed by atoms with Gasteiger partial charge in [-0.05, 0) is 37.0 Å². The molecule has 1 N–H and O–H groups in total. The standard InChI is InChI=1S/C22H24F3N7O2/c1-30(2)21-28-18-13-27-19(31-7-3-4-8-31)12-17(18)20(29-21)26-6-5-14-9-15(22(23,24)25)11-16(10-14)32(33)34/h9-13H,3-8H2,1-2H3,(H,26,28,29). The SMILES string of the molecule is CN(C)c1nc(NCCc2cc([N+](=O)[O-])cc(C(F)(F)F)c2)c2cc(N3CCCC3)ncc2n1. The summed E-state index contributed by atoms with van der Waals surface area (Å²) in [7, 11) is 3.61. The van der Waals surface area contributed by atoms with Crippen molar-refractivity contribution in [1.82, 2.24) is 15.0 Å². The monoisotopic (exact) mass is 475 g/mol. The van der Waals surface area contributed by atoms with E-state index >= 15 is 0 Å². The zero-order chi connectivity index (χ0) is 24.5. The molecule has 0 spiro atoms. The Hall–Kier alpha value is -3.70. The number of fused-ring (bicyclic) bond motifs is 1. The van der Waals surface area contributed by atoms with E-state index in [1.807, 2.05) is 6.07 Å². The van der Waals surface area contributed by atoms with Crippen LogP contribution in [-0.2, 0) is 12.6 Å². The van der Waals surface area contributed by atoms with Crippen molar-refractivity contribution in [2.75, 3.05) is 48.8 Å². The highest BCUT2D eigenvalue weighted by Gasteiger charge is 2.32. The first kappa shape index (κ1) is 23.5. The zero-order valence-corrected chi connectivity index (χ0v) is 18.8. The smallest absolute Gasteiger partial charge is 0.369 e. The second kappa shape index (κ2) is 9.27. The molecule has 0 bridgehead atoms. The molecule has 0 atom stereocenters. The van der Waals surface area contributed by atoms with Gasteiger partial charge in [0.2, 0.25) is 5.95 Å². The molecule has 1 aliphatic heterocycles. The number of halogens is 3. The fraction of sp³-hybridized carbons (Fsp3) is 0.409. The molecule has 1 fully saturated rings. The van der Waals surface area contributed by atoms with Gasteiger partial charge < -0.3 is 15.1 Å². The number of alkyl halides is 3. The van der Waals surface area contributed by atoms with Crippen molar-refractivity contribution in [3.63, 3.8) is 0 Å². The van der Waals surface area contributed by atoms with Crippen LogP contribution in [0.4, 0.5) is 36.4 Å². The van der Waals surface area contributed by atoms with Gasteiger partial charge in [0.15, 0.2) is 0 Å². The van der Waals surface area contributed by atoms with E-state index in [-0.39, 0.29) is 18.5 Å². The Bertz CT molecular complexity index is 1210. The van der Waals surface area contributed by atoms with Crippen LogP contribution in [0.2, 0.25) is 0 Å². The molecule has 1 saturated heterocycles. The average molecular weight is 475 g/mol. The number of nitro benzene ring substituents is 1. The largest absolute Gasteiger partial charge is 0.416 e. The van der Waals surface area contributed by atoms with E-state index < -0.39 is 22.4 Å². The fourth-order valence-electron chi connectivity index (χ4n) is 3.88. The molecule has 180 valence electrons. The van der Waals surface area contributed by atoms with E-state index in [9.17, 15) is 23.3 Å². The van der Waals surface area contributed by atoms with Crippen molar-refractivity contribution in [3.8, 4) is 0 Å². The van der Waals surface area contributed by atoms with Crippen LogP contribution in [0.5, 0.6) is 0 Å². The van der Waals surface area contributed by atoms with E-state index in [2.05, 4.69) is 25.2 Å².